The molecule has 102 valence electrons. The number of benzene rings is 1. The van der Waals surface area contributed by atoms with Crippen molar-refractivity contribution in [3.63, 3.8) is 0 Å². The van der Waals surface area contributed by atoms with Crippen LogP contribution >= 0.6 is 0 Å². The van der Waals surface area contributed by atoms with E-state index in [1.54, 1.807) is 0 Å². The summed E-state index contributed by atoms with van der Waals surface area (Å²) in [6.07, 6.45) is 4.18. The first-order valence-corrected chi connectivity index (χ1v) is 7.23. The lowest BCUT2D eigenvalue weighted by Crippen LogP contribution is -1.93. The highest BCUT2D eigenvalue weighted by molar-refractivity contribution is 5.65. The number of aromatic nitrogens is 1. The van der Waals surface area contributed by atoms with Gasteiger partial charge in [0.1, 0.15) is 0 Å². The number of aryl methyl sites for hydroxylation is 3. The smallest absolute Gasteiger partial charge is 0.0707 e. The summed E-state index contributed by atoms with van der Waals surface area (Å²) in [6.45, 7) is 10.5. The Morgan fingerprint density at radius 2 is 1.63 bits per heavy atom. The van der Waals surface area contributed by atoms with Gasteiger partial charge in [-0.3, -0.25) is 4.98 Å². The van der Waals surface area contributed by atoms with Crippen LogP contribution in [0.1, 0.15) is 43.9 Å². The molecular weight excluding hydrogens is 230 g/mol. The monoisotopic (exact) mass is 255 g/mol. The first kappa shape index (κ1) is 15.4. The molecular formula is C18H25N. The van der Waals surface area contributed by atoms with Crippen LogP contribution in [0.2, 0.25) is 0 Å². The third-order valence-corrected chi connectivity index (χ3v) is 2.98. The van der Waals surface area contributed by atoms with E-state index in [0.29, 0.717) is 0 Å². The zero-order valence-corrected chi connectivity index (χ0v) is 12.8. The molecule has 0 N–H and O–H groups in total. The second kappa shape index (κ2) is 7.73. The fraction of sp³-hybridized carbons (Fsp3) is 0.389. The summed E-state index contributed by atoms with van der Waals surface area (Å²) in [5.74, 6) is 0. The zero-order chi connectivity index (χ0) is 14.3. The lowest BCUT2D eigenvalue weighted by atomic mass is 9.97. The minimum atomic E-state index is 1.09. The third kappa shape index (κ3) is 4.20. The molecule has 0 aliphatic heterocycles. The highest BCUT2D eigenvalue weighted by atomic mass is 14.7. The molecule has 1 nitrogen and oxygen atoms in total. The second-order valence-electron chi connectivity index (χ2n) is 4.63. The quantitative estimate of drug-likeness (QED) is 0.721. The normalized spacial score (nSPS) is 9.74. The van der Waals surface area contributed by atoms with E-state index in [4.69, 9.17) is 0 Å². The fourth-order valence-corrected chi connectivity index (χ4v) is 2.10. The van der Waals surface area contributed by atoms with Gasteiger partial charge < -0.3 is 0 Å². The second-order valence-corrected chi connectivity index (χ2v) is 4.63. The first-order chi connectivity index (χ1) is 9.20. The summed E-state index contributed by atoms with van der Waals surface area (Å²) < 4.78 is 0. The SMILES string of the molecule is CC.CCCc1ccc(C)cc1-c1cc(C)ccn1. The summed E-state index contributed by atoms with van der Waals surface area (Å²) in [4.78, 5) is 4.49. The third-order valence-electron chi connectivity index (χ3n) is 2.98. The van der Waals surface area contributed by atoms with Gasteiger partial charge in [-0.1, -0.05) is 44.9 Å². The average molecular weight is 255 g/mol. The molecule has 0 saturated heterocycles. The van der Waals surface area contributed by atoms with E-state index >= 15 is 0 Å². The largest absolute Gasteiger partial charge is 0.256 e. The summed E-state index contributed by atoms with van der Waals surface area (Å²) >= 11 is 0. The molecule has 0 bridgehead atoms. The number of nitrogens with zero attached hydrogens (tertiary/aromatic N) is 1. The number of hydrogen-bond acceptors (Lipinski definition) is 1. The number of hydrogen-bond donors (Lipinski definition) is 0. The van der Waals surface area contributed by atoms with Gasteiger partial charge in [0.2, 0.25) is 0 Å². The molecule has 1 heterocycles. The summed E-state index contributed by atoms with van der Waals surface area (Å²) in [6, 6.07) is 10.9. The summed E-state index contributed by atoms with van der Waals surface area (Å²) in [5.41, 5.74) is 6.34. The van der Waals surface area contributed by atoms with Crippen LogP contribution in [0.3, 0.4) is 0 Å². The minimum Gasteiger partial charge on any atom is -0.256 e. The number of pyridine rings is 1. The lowest BCUT2D eigenvalue weighted by Gasteiger charge is -2.10. The Morgan fingerprint density at radius 1 is 0.947 bits per heavy atom. The predicted molar refractivity (Wildman–Crippen MR) is 84.5 cm³/mol. The average Bonchev–Trinajstić information content (AvgIpc) is 2.43. The van der Waals surface area contributed by atoms with Crippen LogP contribution in [0.4, 0.5) is 0 Å². The van der Waals surface area contributed by atoms with Crippen molar-refractivity contribution in [1.82, 2.24) is 4.98 Å². The highest BCUT2D eigenvalue weighted by Gasteiger charge is 2.06. The van der Waals surface area contributed by atoms with Crippen LogP contribution in [0.25, 0.3) is 11.3 Å². The van der Waals surface area contributed by atoms with Crippen molar-refractivity contribution in [2.24, 2.45) is 0 Å². The molecule has 19 heavy (non-hydrogen) atoms. The van der Waals surface area contributed by atoms with Crippen LogP contribution in [0.5, 0.6) is 0 Å². The van der Waals surface area contributed by atoms with Gasteiger partial charge in [-0.2, -0.15) is 0 Å². The molecule has 0 spiro atoms. The molecule has 1 heteroatoms. The minimum absolute atomic E-state index is 1.09. The van der Waals surface area contributed by atoms with Crippen molar-refractivity contribution < 1.29 is 0 Å². The van der Waals surface area contributed by atoms with Gasteiger partial charge in [0.25, 0.3) is 0 Å². The molecule has 2 rings (SSSR count). The Kier molecular flexibility index (Phi) is 6.27. The lowest BCUT2D eigenvalue weighted by molar-refractivity contribution is 0.922. The van der Waals surface area contributed by atoms with E-state index in [-0.39, 0.29) is 0 Å². The van der Waals surface area contributed by atoms with Gasteiger partial charge >= 0.3 is 0 Å². The van der Waals surface area contributed by atoms with Crippen molar-refractivity contribution in [3.8, 4) is 11.3 Å². The Hall–Kier alpha value is -1.63. The van der Waals surface area contributed by atoms with E-state index in [1.807, 2.05) is 26.1 Å². The van der Waals surface area contributed by atoms with Gasteiger partial charge in [0.15, 0.2) is 0 Å². The zero-order valence-electron chi connectivity index (χ0n) is 12.8. The van der Waals surface area contributed by atoms with E-state index in [2.05, 4.69) is 50.0 Å². The molecule has 1 aromatic heterocycles. The maximum Gasteiger partial charge on any atom is 0.0707 e. The maximum atomic E-state index is 4.49. The van der Waals surface area contributed by atoms with Crippen molar-refractivity contribution in [3.05, 3.63) is 53.2 Å². The van der Waals surface area contributed by atoms with Gasteiger partial charge in [0, 0.05) is 11.8 Å². The van der Waals surface area contributed by atoms with Crippen LogP contribution in [0, 0.1) is 13.8 Å². The fourth-order valence-electron chi connectivity index (χ4n) is 2.10. The predicted octanol–water partition coefficient (Wildman–Crippen LogP) is 5.34. The molecule has 0 fully saturated rings. The molecule has 0 unspecified atom stereocenters. The van der Waals surface area contributed by atoms with E-state index in [9.17, 15) is 0 Å². The maximum absolute atomic E-state index is 4.49. The molecule has 1 aromatic carbocycles. The van der Waals surface area contributed by atoms with Gasteiger partial charge in [0.05, 0.1) is 5.69 Å². The Balaban J connectivity index is 0.000000861. The van der Waals surface area contributed by atoms with Crippen LogP contribution < -0.4 is 0 Å². The first-order valence-electron chi connectivity index (χ1n) is 7.23. The van der Waals surface area contributed by atoms with Crippen LogP contribution in [-0.2, 0) is 6.42 Å². The van der Waals surface area contributed by atoms with E-state index in [0.717, 1.165) is 12.1 Å². The Labute approximate surface area is 117 Å². The van der Waals surface area contributed by atoms with Crippen LogP contribution in [-0.4, -0.2) is 4.98 Å². The molecule has 2 aromatic rings. The number of rotatable bonds is 3. The highest BCUT2D eigenvalue weighted by Crippen LogP contribution is 2.24. The van der Waals surface area contributed by atoms with E-state index in [1.165, 1.54) is 28.7 Å². The summed E-state index contributed by atoms with van der Waals surface area (Å²) in [7, 11) is 0. The van der Waals surface area contributed by atoms with Crippen molar-refractivity contribution >= 4 is 0 Å². The topological polar surface area (TPSA) is 12.9 Å². The van der Waals surface area contributed by atoms with Crippen molar-refractivity contribution in [2.45, 2.75) is 47.5 Å². The van der Waals surface area contributed by atoms with Crippen molar-refractivity contribution in [1.29, 1.82) is 0 Å². The Bertz CT molecular complexity index is 515. The molecule has 0 atom stereocenters. The molecule has 0 radical (unpaired) electrons. The van der Waals surface area contributed by atoms with Gasteiger partial charge in [-0.25, -0.2) is 0 Å². The van der Waals surface area contributed by atoms with E-state index < -0.39 is 0 Å². The van der Waals surface area contributed by atoms with Gasteiger partial charge in [-0.05, 0) is 49.6 Å². The Morgan fingerprint density at radius 3 is 2.26 bits per heavy atom. The summed E-state index contributed by atoms with van der Waals surface area (Å²) in [5, 5.41) is 0. The molecule has 0 aliphatic rings. The molecule has 0 aliphatic carbocycles. The van der Waals surface area contributed by atoms with Crippen molar-refractivity contribution in [2.75, 3.05) is 0 Å². The standard InChI is InChI=1S/C16H19N.C2H6/c1-4-5-14-7-6-12(2)10-15(14)16-11-13(3)8-9-17-16;1-2/h6-11H,4-5H2,1-3H3;1-2H3. The molecule has 0 amide bonds. The van der Waals surface area contributed by atoms with Gasteiger partial charge in [-0.15, -0.1) is 0 Å². The molecule has 0 saturated carbocycles. The van der Waals surface area contributed by atoms with Crippen LogP contribution in [0.15, 0.2) is 36.5 Å².